The molecule has 0 unspecified atom stereocenters. The normalized spacial score (nSPS) is 10.5. The van der Waals surface area contributed by atoms with Crippen LogP contribution in [0.4, 0.5) is 8.78 Å². The molecule has 0 aliphatic heterocycles. The molecule has 5 heteroatoms. The first-order valence-corrected chi connectivity index (χ1v) is 6.64. The Morgan fingerprint density at radius 1 is 1.05 bits per heavy atom. The summed E-state index contributed by atoms with van der Waals surface area (Å²) >= 11 is 0. The summed E-state index contributed by atoms with van der Waals surface area (Å²) in [7, 11) is 1.51. The van der Waals surface area contributed by atoms with Gasteiger partial charge in [0.1, 0.15) is 11.5 Å². The molecule has 0 spiro atoms. The van der Waals surface area contributed by atoms with Crippen LogP contribution < -0.4 is 14.8 Å². The maximum atomic E-state index is 14.0. The highest BCUT2D eigenvalue weighted by molar-refractivity contribution is 5.39. The summed E-state index contributed by atoms with van der Waals surface area (Å²) < 4.78 is 38.3. The van der Waals surface area contributed by atoms with Crippen molar-refractivity contribution in [2.45, 2.75) is 13.5 Å². The molecule has 2 rings (SSSR count). The fourth-order valence-electron chi connectivity index (χ4n) is 1.86. The zero-order valence-corrected chi connectivity index (χ0v) is 12.0. The van der Waals surface area contributed by atoms with E-state index in [0.29, 0.717) is 23.6 Å². The summed E-state index contributed by atoms with van der Waals surface area (Å²) in [6, 6.07) is 9.10. The predicted molar refractivity (Wildman–Crippen MR) is 76.8 cm³/mol. The van der Waals surface area contributed by atoms with Crippen LogP contribution in [0.15, 0.2) is 36.4 Å². The van der Waals surface area contributed by atoms with Crippen molar-refractivity contribution < 1.29 is 18.3 Å². The Labute approximate surface area is 122 Å². The third kappa shape index (κ3) is 3.92. The summed E-state index contributed by atoms with van der Waals surface area (Å²) in [6.07, 6.45) is 0. The van der Waals surface area contributed by atoms with Crippen LogP contribution in [0, 0.1) is 11.6 Å². The maximum absolute atomic E-state index is 14.0. The van der Waals surface area contributed by atoms with Crippen LogP contribution in [0.3, 0.4) is 0 Å². The molecule has 2 aromatic carbocycles. The van der Waals surface area contributed by atoms with Crippen molar-refractivity contribution in [3.63, 3.8) is 0 Å². The zero-order chi connectivity index (χ0) is 15.2. The number of hydrogen-bond acceptors (Lipinski definition) is 3. The van der Waals surface area contributed by atoms with E-state index in [-0.39, 0.29) is 0 Å². The Bertz CT molecular complexity index is 594. The van der Waals surface area contributed by atoms with Gasteiger partial charge < -0.3 is 14.8 Å². The number of methoxy groups -OCH3 is 1. The van der Waals surface area contributed by atoms with E-state index in [1.807, 2.05) is 6.92 Å². The molecule has 21 heavy (non-hydrogen) atoms. The Hall–Kier alpha value is -2.14. The van der Waals surface area contributed by atoms with Gasteiger partial charge in [-0.3, -0.25) is 0 Å². The molecule has 0 saturated heterocycles. The second-order valence-corrected chi connectivity index (χ2v) is 4.45. The highest BCUT2D eigenvalue weighted by Crippen LogP contribution is 2.30. The predicted octanol–water partition coefficient (Wildman–Crippen LogP) is 3.88. The molecular formula is C16H17F2NO2. The van der Waals surface area contributed by atoms with Crippen LogP contribution in [-0.4, -0.2) is 13.7 Å². The summed E-state index contributed by atoms with van der Waals surface area (Å²) in [5.41, 5.74) is 0.532. The Kier molecular flexibility index (Phi) is 5.11. The number of hydrogen-bond donors (Lipinski definition) is 1. The van der Waals surface area contributed by atoms with Gasteiger partial charge >= 0.3 is 0 Å². The Balaban J connectivity index is 2.23. The number of halogens is 2. The molecule has 0 aromatic heterocycles. The standard InChI is InChI=1S/C16H17F2NO2/c1-3-19-10-11-7-14(17)16(15(18)8-11)21-13-6-4-5-12(9-13)20-2/h4-9,19H,3,10H2,1-2H3. The molecule has 0 fully saturated rings. The van der Waals surface area contributed by atoms with Gasteiger partial charge in [-0.2, -0.15) is 0 Å². The van der Waals surface area contributed by atoms with E-state index in [1.165, 1.54) is 19.2 Å². The number of rotatable bonds is 6. The molecule has 0 amide bonds. The lowest BCUT2D eigenvalue weighted by atomic mass is 10.2. The zero-order valence-electron chi connectivity index (χ0n) is 12.0. The van der Waals surface area contributed by atoms with E-state index in [9.17, 15) is 8.78 Å². The Morgan fingerprint density at radius 3 is 2.33 bits per heavy atom. The van der Waals surface area contributed by atoms with Gasteiger partial charge in [0.05, 0.1) is 7.11 Å². The van der Waals surface area contributed by atoms with Crippen LogP contribution in [0.5, 0.6) is 17.2 Å². The second kappa shape index (κ2) is 7.04. The van der Waals surface area contributed by atoms with Gasteiger partial charge in [0.2, 0.25) is 0 Å². The maximum Gasteiger partial charge on any atom is 0.198 e. The van der Waals surface area contributed by atoms with Crippen LogP contribution in [0.1, 0.15) is 12.5 Å². The summed E-state index contributed by atoms with van der Waals surface area (Å²) in [6.45, 7) is 3.06. The van der Waals surface area contributed by atoms with Crippen molar-refractivity contribution in [2.75, 3.05) is 13.7 Å². The lowest BCUT2D eigenvalue weighted by molar-refractivity contribution is 0.393. The number of benzene rings is 2. The van der Waals surface area contributed by atoms with E-state index in [2.05, 4.69) is 5.32 Å². The van der Waals surface area contributed by atoms with Crippen LogP contribution in [0.2, 0.25) is 0 Å². The number of nitrogens with one attached hydrogen (secondary N) is 1. The summed E-state index contributed by atoms with van der Waals surface area (Å²) in [5.74, 6) is -1.01. The van der Waals surface area contributed by atoms with Crippen molar-refractivity contribution in [1.82, 2.24) is 5.32 Å². The molecule has 0 aliphatic carbocycles. The summed E-state index contributed by atoms with van der Waals surface area (Å²) in [4.78, 5) is 0. The molecule has 0 atom stereocenters. The molecule has 0 radical (unpaired) electrons. The van der Waals surface area contributed by atoms with E-state index in [0.717, 1.165) is 6.54 Å². The molecule has 0 heterocycles. The van der Waals surface area contributed by atoms with Crippen molar-refractivity contribution >= 4 is 0 Å². The molecule has 0 bridgehead atoms. The molecule has 112 valence electrons. The largest absolute Gasteiger partial charge is 0.497 e. The quantitative estimate of drug-likeness (QED) is 0.877. The first-order valence-electron chi connectivity index (χ1n) is 6.64. The Morgan fingerprint density at radius 2 is 1.71 bits per heavy atom. The molecule has 3 nitrogen and oxygen atoms in total. The highest BCUT2D eigenvalue weighted by atomic mass is 19.1. The van der Waals surface area contributed by atoms with Gasteiger partial charge in [-0.1, -0.05) is 13.0 Å². The molecular weight excluding hydrogens is 276 g/mol. The highest BCUT2D eigenvalue weighted by Gasteiger charge is 2.14. The van der Waals surface area contributed by atoms with Crippen molar-refractivity contribution in [3.05, 3.63) is 53.6 Å². The van der Waals surface area contributed by atoms with Gasteiger partial charge in [-0.25, -0.2) is 8.78 Å². The van der Waals surface area contributed by atoms with Crippen molar-refractivity contribution in [1.29, 1.82) is 0 Å². The average Bonchev–Trinajstić information content (AvgIpc) is 2.49. The first kappa shape index (κ1) is 15.3. The van der Waals surface area contributed by atoms with Crippen molar-refractivity contribution in [2.24, 2.45) is 0 Å². The average molecular weight is 293 g/mol. The van der Waals surface area contributed by atoms with Gasteiger partial charge in [-0.05, 0) is 36.4 Å². The van der Waals surface area contributed by atoms with E-state index < -0.39 is 17.4 Å². The van der Waals surface area contributed by atoms with E-state index in [1.54, 1.807) is 24.3 Å². The minimum atomic E-state index is -0.731. The molecule has 0 saturated carbocycles. The minimum absolute atomic E-state index is 0.312. The fourth-order valence-corrected chi connectivity index (χ4v) is 1.86. The molecule has 0 aliphatic rings. The SMILES string of the molecule is CCNCc1cc(F)c(Oc2cccc(OC)c2)c(F)c1. The first-order chi connectivity index (χ1) is 10.1. The fraction of sp³-hybridized carbons (Fsp3) is 0.250. The van der Waals surface area contributed by atoms with E-state index >= 15 is 0 Å². The smallest absolute Gasteiger partial charge is 0.198 e. The minimum Gasteiger partial charge on any atom is -0.497 e. The third-order valence-electron chi connectivity index (χ3n) is 2.90. The third-order valence-corrected chi connectivity index (χ3v) is 2.90. The van der Waals surface area contributed by atoms with Gasteiger partial charge in [0.15, 0.2) is 17.4 Å². The van der Waals surface area contributed by atoms with Gasteiger partial charge in [0.25, 0.3) is 0 Å². The van der Waals surface area contributed by atoms with E-state index in [4.69, 9.17) is 9.47 Å². The monoisotopic (exact) mass is 293 g/mol. The van der Waals surface area contributed by atoms with Crippen LogP contribution in [-0.2, 0) is 6.54 Å². The lowest BCUT2D eigenvalue weighted by Gasteiger charge is -2.11. The molecule has 1 N–H and O–H groups in total. The molecule has 2 aromatic rings. The second-order valence-electron chi connectivity index (χ2n) is 4.45. The lowest BCUT2D eigenvalue weighted by Crippen LogP contribution is -2.12. The van der Waals surface area contributed by atoms with Crippen LogP contribution in [0.25, 0.3) is 0 Å². The number of ether oxygens (including phenoxy) is 2. The van der Waals surface area contributed by atoms with Crippen LogP contribution >= 0.6 is 0 Å². The summed E-state index contributed by atoms with van der Waals surface area (Å²) in [5, 5.41) is 3.01. The topological polar surface area (TPSA) is 30.5 Å². The van der Waals surface area contributed by atoms with Gasteiger partial charge in [0, 0.05) is 12.6 Å². The van der Waals surface area contributed by atoms with Crippen molar-refractivity contribution in [3.8, 4) is 17.2 Å². The van der Waals surface area contributed by atoms with Gasteiger partial charge in [-0.15, -0.1) is 0 Å².